The second kappa shape index (κ2) is 11.8. The minimum Gasteiger partial charge on any atom is -0.377 e. The molecule has 1 fully saturated rings. The Kier molecular flexibility index (Phi) is 10.2. The van der Waals surface area contributed by atoms with Crippen LogP contribution >= 0.6 is 0 Å². The van der Waals surface area contributed by atoms with Crippen LogP contribution in [0.1, 0.15) is 40.5 Å². The van der Waals surface area contributed by atoms with Gasteiger partial charge in [0.2, 0.25) is 17.7 Å². The lowest BCUT2D eigenvalue weighted by Gasteiger charge is -2.16. The summed E-state index contributed by atoms with van der Waals surface area (Å²) in [6.45, 7) is 9.00. The molecular formula is C19H32N2O6. The van der Waals surface area contributed by atoms with E-state index in [9.17, 15) is 19.2 Å². The Labute approximate surface area is 160 Å². The highest BCUT2D eigenvalue weighted by molar-refractivity contribution is 6.03. The van der Waals surface area contributed by atoms with Gasteiger partial charge in [0.1, 0.15) is 6.61 Å². The average Bonchev–Trinajstić information content (AvgIpc) is 2.89. The number of likely N-dealkylation sites (tertiary alicyclic amines) is 1. The molecule has 0 aromatic carbocycles. The third-order valence-electron chi connectivity index (χ3n) is 4.47. The molecule has 1 unspecified atom stereocenters. The SMILES string of the molecule is CC(C)C(=O)COCCOCCNC(=O)CCN1C(=O)CC(C(C)C)C1=O. The van der Waals surface area contributed by atoms with E-state index in [1.54, 1.807) is 0 Å². The summed E-state index contributed by atoms with van der Waals surface area (Å²) in [5.74, 6) is -0.753. The van der Waals surface area contributed by atoms with Crippen LogP contribution in [0.2, 0.25) is 0 Å². The summed E-state index contributed by atoms with van der Waals surface area (Å²) < 4.78 is 10.5. The summed E-state index contributed by atoms with van der Waals surface area (Å²) in [5, 5.41) is 2.69. The molecule has 1 aliphatic rings. The summed E-state index contributed by atoms with van der Waals surface area (Å²) >= 11 is 0. The van der Waals surface area contributed by atoms with Crippen LogP contribution in [0.3, 0.4) is 0 Å². The van der Waals surface area contributed by atoms with Crippen LogP contribution in [0.4, 0.5) is 0 Å². The maximum atomic E-state index is 12.2. The number of hydrogen-bond acceptors (Lipinski definition) is 6. The van der Waals surface area contributed by atoms with Gasteiger partial charge in [-0.15, -0.1) is 0 Å². The molecule has 0 bridgehead atoms. The number of imide groups is 1. The number of ether oxygens (including phenoxy) is 2. The molecule has 0 aromatic rings. The van der Waals surface area contributed by atoms with Gasteiger partial charge in [-0.05, 0) is 5.92 Å². The van der Waals surface area contributed by atoms with Crippen molar-refractivity contribution in [2.24, 2.45) is 17.8 Å². The minimum absolute atomic E-state index is 0.0384. The molecule has 0 aromatic heterocycles. The third-order valence-corrected chi connectivity index (χ3v) is 4.47. The van der Waals surface area contributed by atoms with Crippen LogP contribution in [0.5, 0.6) is 0 Å². The summed E-state index contributed by atoms with van der Waals surface area (Å²) in [5.41, 5.74) is 0. The van der Waals surface area contributed by atoms with Crippen molar-refractivity contribution >= 4 is 23.5 Å². The number of hydrogen-bond donors (Lipinski definition) is 1. The zero-order valence-electron chi connectivity index (χ0n) is 16.8. The molecular weight excluding hydrogens is 352 g/mol. The molecule has 27 heavy (non-hydrogen) atoms. The second-order valence-electron chi connectivity index (χ2n) is 7.32. The topological polar surface area (TPSA) is 102 Å². The van der Waals surface area contributed by atoms with Gasteiger partial charge in [-0.3, -0.25) is 24.1 Å². The monoisotopic (exact) mass is 384 g/mol. The Balaban J connectivity index is 2.07. The van der Waals surface area contributed by atoms with Crippen molar-refractivity contribution in [1.29, 1.82) is 0 Å². The molecule has 0 saturated carbocycles. The van der Waals surface area contributed by atoms with E-state index < -0.39 is 0 Å². The van der Waals surface area contributed by atoms with Crippen LogP contribution in [0, 0.1) is 17.8 Å². The molecule has 1 saturated heterocycles. The zero-order valence-corrected chi connectivity index (χ0v) is 16.8. The molecule has 154 valence electrons. The highest BCUT2D eigenvalue weighted by atomic mass is 16.5. The highest BCUT2D eigenvalue weighted by Gasteiger charge is 2.39. The molecule has 1 rings (SSSR count). The number of rotatable bonds is 13. The van der Waals surface area contributed by atoms with Crippen LogP contribution in [-0.2, 0) is 28.7 Å². The Morgan fingerprint density at radius 1 is 1.11 bits per heavy atom. The van der Waals surface area contributed by atoms with Crippen molar-refractivity contribution in [1.82, 2.24) is 10.2 Å². The number of nitrogens with zero attached hydrogens (tertiary/aromatic N) is 1. The number of ketones is 1. The van der Waals surface area contributed by atoms with E-state index in [1.165, 1.54) is 4.90 Å². The molecule has 1 aliphatic heterocycles. The van der Waals surface area contributed by atoms with Crippen molar-refractivity contribution in [3.05, 3.63) is 0 Å². The quantitative estimate of drug-likeness (QED) is 0.372. The first-order valence-electron chi connectivity index (χ1n) is 9.53. The fraction of sp³-hybridized carbons (Fsp3) is 0.789. The molecule has 8 heteroatoms. The van der Waals surface area contributed by atoms with E-state index >= 15 is 0 Å². The summed E-state index contributed by atoms with van der Waals surface area (Å²) in [6, 6.07) is 0. The van der Waals surface area contributed by atoms with Crippen molar-refractivity contribution in [3.8, 4) is 0 Å². The third kappa shape index (κ3) is 8.17. The Hall–Kier alpha value is -1.80. The normalized spacial score (nSPS) is 17.3. The van der Waals surface area contributed by atoms with Crippen LogP contribution in [0.15, 0.2) is 0 Å². The molecule has 3 amide bonds. The maximum Gasteiger partial charge on any atom is 0.233 e. The van der Waals surface area contributed by atoms with Crippen LogP contribution in [-0.4, -0.2) is 67.9 Å². The fourth-order valence-electron chi connectivity index (χ4n) is 2.59. The maximum absolute atomic E-state index is 12.2. The van der Waals surface area contributed by atoms with E-state index in [0.717, 1.165) is 0 Å². The highest BCUT2D eigenvalue weighted by Crippen LogP contribution is 2.26. The van der Waals surface area contributed by atoms with Gasteiger partial charge >= 0.3 is 0 Å². The Bertz CT molecular complexity index is 532. The fourth-order valence-corrected chi connectivity index (χ4v) is 2.59. The van der Waals surface area contributed by atoms with Crippen molar-refractivity contribution < 1.29 is 28.7 Å². The lowest BCUT2D eigenvalue weighted by atomic mass is 9.94. The van der Waals surface area contributed by atoms with Crippen LogP contribution < -0.4 is 5.32 Å². The van der Waals surface area contributed by atoms with Crippen molar-refractivity contribution in [2.75, 3.05) is 39.5 Å². The lowest BCUT2D eigenvalue weighted by molar-refractivity contribution is -0.140. The number of carbonyl (C=O) groups excluding carboxylic acids is 4. The number of nitrogens with one attached hydrogen (secondary N) is 1. The molecule has 0 spiro atoms. The number of Topliss-reactive ketones (excluding diaryl/α,β-unsaturated/α-hetero) is 1. The number of amides is 3. The summed E-state index contributed by atoms with van der Waals surface area (Å²) in [6.07, 6.45) is 0.319. The van der Waals surface area contributed by atoms with Gasteiger partial charge in [-0.25, -0.2) is 0 Å². The zero-order chi connectivity index (χ0) is 20.4. The van der Waals surface area contributed by atoms with Gasteiger partial charge in [-0.2, -0.15) is 0 Å². The first-order valence-corrected chi connectivity index (χ1v) is 9.53. The first-order chi connectivity index (χ1) is 12.7. The van der Waals surface area contributed by atoms with E-state index in [1.807, 2.05) is 27.7 Å². The molecule has 0 aliphatic carbocycles. The van der Waals surface area contributed by atoms with Gasteiger partial charge in [-0.1, -0.05) is 27.7 Å². The van der Waals surface area contributed by atoms with Crippen molar-refractivity contribution in [3.63, 3.8) is 0 Å². The molecule has 0 radical (unpaired) electrons. The smallest absolute Gasteiger partial charge is 0.233 e. The van der Waals surface area contributed by atoms with E-state index in [-0.39, 0.29) is 67.3 Å². The summed E-state index contributed by atoms with van der Waals surface area (Å²) in [4.78, 5) is 48.4. The van der Waals surface area contributed by atoms with E-state index in [4.69, 9.17) is 9.47 Å². The predicted octanol–water partition coefficient (Wildman–Crippen LogP) is 0.782. The molecule has 1 heterocycles. The van der Waals surface area contributed by atoms with Gasteiger partial charge in [0, 0.05) is 37.8 Å². The average molecular weight is 384 g/mol. The lowest BCUT2D eigenvalue weighted by Crippen LogP contribution is -2.36. The van der Waals surface area contributed by atoms with Crippen molar-refractivity contribution in [2.45, 2.75) is 40.5 Å². The van der Waals surface area contributed by atoms with E-state index in [2.05, 4.69) is 5.32 Å². The van der Waals surface area contributed by atoms with Gasteiger partial charge in [0.05, 0.1) is 19.8 Å². The Morgan fingerprint density at radius 3 is 2.37 bits per heavy atom. The van der Waals surface area contributed by atoms with Gasteiger partial charge in [0.25, 0.3) is 0 Å². The Morgan fingerprint density at radius 2 is 1.78 bits per heavy atom. The van der Waals surface area contributed by atoms with Gasteiger partial charge < -0.3 is 14.8 Å². The first kappa shape index (κ1) is 23.2. The number of carbonyl (C=O) groups is 4. The standard InChI is InChI=1S/C19H32N2O6/c1-13(2)15-11-18(24)21(19(15)25)7-5-17(23)20-6-8-26-9-10-27-12-16(22)14(3)4/h13-15H,5-12H2,1-4H3,(H,20,23). The molecule has 8 nitrogen and oxygen atoms in total. The minimum atomic E-state index is -0.271. The molecule has 1 atom stereocenters. The predicted molar refractivity (Wildman–Crippen MR) is 98.8 cm³/mol. The molecule has 1 N–H and O–H groups in total. The van der Waals surface area contributed by atoms with Gasteiger partial charge in [0.15, 0.2) is 5.78 Å². The van der Waals surface area contributed by atoms with Crippen LogP contribution in [0.25, 0.3) is 0 Å². The largest absolute Gasteiger partial charge is 0.377 e. The van der Waals surface area contributed by atoms with E-state index in [0.29, 0.717) is 26.4 Å². The summed E-state index contributed by atoms with van der Waals surface area (Å²) in [7, 11) is 0. The second-order valence-corrected chi connectivity index (χ2v) is 7.32.